The highest BCUT2D eigenvalue weighted by atomic mass is 19.1. The van der Waals surface area contributed by atoms with Gasteiger partial charge < -0.3 is 10.2 Å². The van der Waals surface area contributed by atoms with Gasteiger partial charge in [-0.15, -0.1) is 0 Å². The van der Waals surface area contributed by atoms with Crippen molar-refractivity contribution >= 4 is 5.97 Å². The first kappa shape index (κ1) is 12.6. The highest BCUT2D eigenvalue weighted by Gasteiger charge is 2.43. The third-order valence-corrected chi connectivity index (χ3v) is 2.52. The summed E-state index contributed by atoms with van der Waals surface area (Å²) in [4.78, 5) is 10.5. The number of benzene rings is 1. The summed E-state index contributed by atoms with van der Waals surface area (Å²) < 4.78 is 26.8. The van der Waals surface area contributed by atoms with Gasteiger partial charge in [0.15, 0.2) is 0 Å². The lowest BCUT2D eigenvalue weighted by molar-refractivity contribution is -0.156. The van der Waals surface area contributed by atoms with E-state index >= 15 is 0 Å². The minimum absolute atomic E-state index is 0.235. The van der Waals surface area contributed by atoms with E-state index in [9.17, 15) is 18.7 Å². The summed E-state index contributed by atoms with van der Waals surface area (Å²) in [6.45, 7) is 1.39. The van der Waals surface area contributed by atoms with Crippen LogP contribution in [-0.2, 0) is 10.4 Å². The van der Waals surface area contributed by atoms with Crippen LogP contribution >= 0.6 is 0 Å². The van der Waals surface area contributed by atoms with Crippen molar-refractivity contribution in [3.63, 3.8) is 0 Å². The number of carboxylic acids is 1. The van der Waals surface area contributed by atoms with E-state index in [0.29, 0.717) is 0 Å². The summed E-state index contributed by atoms with van der Waals surface area (Å²) in [6, 6.07) is 5.01. The Hall–Kier alpha value is -1.49. The van der Waals surface area contributed by atoms with Gasteiger partial charge in [0.05, 0.1) is 0 Å². The Morgan fingerprint density at radius 2 is 2.06 bits per heavy atom. The summed E-state index contributed by atoms with van der Waals surface area (Å²) in [7, 11) is 0. The monoisotopic (exact) mass is 230 g/mol. The van der Waals surface area contributed by atoms with Crippen LogP contribution in [0.4, 0.5) is 8.78 Å². The van der Waals surface area contributed by atoms with Crippen LogP contribution in [0.25, 0.3) is 0 Å². The molecule has 0 fully saturated rings. The van der Waals surface area contributed by atoms with Gasteiger partial charge in [-0.1, -0.05) is 25.1 Å². The molecule has 0 radical (unpaired) electrons. The number of aliphatic carboxylic acids is 1. The van der Waals surface area contributed by atoms with Crippen molar-refractivity contribution in [1.29, 1.82) is 0 Å². The Bertz CT molecular complexity index is 395. The van der Waals surface area contributed by atoms with Crippen LogP contribution in [0.1, 0.15) is 18.9 Å². The summed E-state index contributed by atoms with van der Waals surface area (Å²) in [5.74, 6) is -2.64. The van der Waals surface area contributed by atoms with Crippen LogP contribution in [0, 0.1) is 5.82 Å². The number of carbonyl (C=O) groups is 1. The second-order valence-corrected chi connectivity index (χ2v) is 3.46. The third kappa shape index (κ3) is 2.04. The van der Waals surface area contributed by atoms with Crippen molar-refractivity contribution in [1.82, 2.24) is 0 Å². The molecule has 0 aliphatic rings. The molecular weight excluding hydrogens is 218 g/mol. The number of alkyl halides is 1. The first-order valence-corrected chi connectivity index (χ1v) is 4.77. The molecule has 2 atom stereocenters. The van der Waals surface area contributed by atoms with Gasteiger partial charge in [-0.3, -0.25) is 0 Å². The highest BCUT2D eigenvalue weighted by molar-refractivity contribution is 5.74. The van der Waals surface area contributed by atoms with Crippen LogP contribution in [0.5, 0.6) is 0 Å². The zero-order valence-corrected chi connectivity index (χ0v) is 8.65. The molecule has 0 aliphatic carbocycles. The Kier molecular flexibility index (Phi) is 3.59. The zero-order valence-electron chi connectivity index (χ0n) is 8.65. The topological polar surface area (TPSA) is 57.5 Å². The molecule has 0 heterocycles. The first-order chi connectivity index (χ1) is 7.43. The molecule has 3 nitrogen and oxygen atoms in total. The maximum atomic E-state index is 13.4. The lowest BCUT2D eigenvalue weighted by atomic mass is 9.86. The minimum atomic E-state index is -2.56. The molecule has 0 aliphatic heterocycles. The van der Waals surface area contributed by atoms with Crippen LogP contribution in [0.2, 0.25) is 0 Å². The van der Waals surface area contributed by atoms with E-state index < -0.39 is 23.6 Å². The second-order valence-electron chi connectivity index (χ2n) is 3.46. The van der Waals surface area contributed by atoms with Gasteiger partial charge in [0.2, 0.25) is 6.17 Å². The van der Waals surface area contributed by atoms with Crippen LogP contribution in [0.15, 0.2) is 24.3 Å². The average Bonchev–Trinajstić information content (AvgIpc) is 2.27. The molecule has 16 heavy (non-hydrogen) atoms. The largest absolute Gasteiger partial charge is 0.479 e. The number of rotatable bonds is 4. The fourth-order valence-electron chi connectivity index (χ4n) is 1.52. The maximum absolute atomic E-state index is 13.4. The Morgan fingerprint density at radius 1 is 1.50 bits per heavy atom. The molecular formula is C11H12F2O3. The quantitative estimate of drug-likeness (QED) is 0.829. The number of carboxylic acid groups (broad SMARTS) is 1. The Morgan fingerprint density at radius 3 is 2.50 bits per heavy atom. The smallest absolute Gasteiger partial charge is 0.341 e. The summed E-state index contributed by atoms with van der Waals surface area (Å²) in [5.41, 5.74) is -2.68. The molecule has 2 N–H and O–H groups in total. The van der Waals surface area contributed by atoms with Gasteiger partial charge in [-0.2, -0.15) is 0 Å². The molecule has 0 saturated heterocycles. The first-order valence-electron chi connectivity index (χ1n) is 4.77. The lowest BCUT2D eigenvalue weighted by Crippen LogP contribution is -2.42. The highest BCUT2D eigenvalue weighted by Crippen LogP contribution is 2.32. The van der Waals surface area contributed by atoms with Crippen molar-refractivity contribution in [2.75, 3.05) is 0 Å². The van der Waals surface area contributed by atoms with Gasteiger partial charge in [0.25, 0.3) is 0 Å². The van der Waals surface area contributed by atoms with Crippen LogP contribution < -0.4 is 0 Å². The van der Waals surface area contributed by atoms with Crippen molar-refractivity contribution in [2.45, 2.75) is 25.1 Å². The molecule has 1 aromatic carbocycles. The summed E-state index contributed by atoms with van der Waals surface area (Å²) in [5, 5.41) is 18.5. The molecule has 88 valence electrons. The summed E-state index contributed by atoms with van der Waals surface area (Å²) >= 11 is 0. The molecule has 1 rings (SSSR count). The molecule has 0 spiro atoms. The van der Waals surface area contributed by atoms with Crippen LogP contribution in [0.3, 0.4) is 0 Å². The molecule has 5 heteroatoms. The predicted molar refractivity (Wildman–Crippen MR) is 53.1 cm³/mol. The zero-order chi connectivity index (χ0) is 12.3. The molecule has 0 bridgehead atoms. The van der Waals surface area contributed by atoms with Crippen molar-refractivity contribution < 1.29 is 23.8 Å². The van der Waals surface area contributed by atoms with Crippen molar-refractivity contribution in [3.8, 4) is 0 Å². The molecule has 2 unspecified atom stereocenters. The number of hydrogen-bond donors (Lipinski definition) is 2. The van der Waals surface area contributed by atoms with Crippen LogP contribution in [-0.4, -0.2) is 22.4 Å². The molecule has 1 aromatic rings. The third-order valence-electron chi connectivity index (χ3n) is 2.52. The van der Waals surface area contributed by atoms with E-state index in [1.807, 2.05) is 0 Å². The Labute approximate surface area is 91.3 Å². The van der Waals surface area contributed by atoms with Crippen molar-refractivity contribution in [3.05, 3.63) is 35.6 Å². The summed E-state index contributed by atoms with van der Waals surface area (Å²) in [6.07, 6.45) is -2.80. The fraction of sp³-hybridized carbons (Fsp3) is 0.364. The lowest BCUT2D eigenvalue weighted by Gasteiger charge is -2.28. The van der Waals surface area contributed by atoms with Gasteiger partial charge in [-0.25, -0.2) is 13.6 Å². The van der Waals surface area contributed by atoms with E-state index in [2.05, 4.69) is 0 Å². The van der Waals surface area contributed by atoms with E-state index in [1.165, 1.54) is 25.1 Å². The fourth-order valence-corrected chi connectivity index (χ4v) is 1.52. The minimum Gasteiger partial charge on any atom is -0.479 e. The van der Waals surface area contributed by atoms with Crippen molar-refractivity contribution in [2.24, 2.45) is 0 Å². The normalized spacial score (nSPS) is 16.5. The van der Waals surface area contributed by atoms with E-state index in [1.54, 1.807) is 0 Å². The van der Waals surface area contributed by atoms with Gasteiger partial charge in [0, 0.05) is 5.56 Å². The van der Waals surface area contributed by atoms with Gasteiger partial charge >= 0.3 is 5.97 Å². The molecule has 0 amide bonds. The van der Waals surface area contributed by atoms with Gasteiger partial charge in [-0.05, 0) is 12.5 Å². The SMILES string of the molecule is CCC(O)(c1ccccc1F)C(F)C(=O)O. The second kappa shape index (κ2) is 4.57. The molecule has 0 aromatic heterocycles. The van der Waals surface area contributed by atoms with Gasteiger partial charge in [0.1, 0.15) is 11.4 Å². The maximum Gasteiger partial charge on any atom is 0.341 e. The van der Waals surface area contributed by atoms with E-state index in [0.717, 1.165) is 6.07 Å². The number of hydrogen-bond acceptors (Lipinski definition) is 2. The van der Waals surface area contributed by atoms with E-state index in [4.69, 9.17) is 5.11 Å². The predicted octanol–water partition coefficient (Wildman–Crippen LogP) is 1.85. The number of aliphatic hydroxyl groups is 1. The standard InChI is InChI=1S/C11H12F2O3/c1-2-11(16,9(13)10(14)15)7-5-3-4-6-8(7)12/h3-6,9,16H,2H2,1H3,(H,14,15). The molecule has 0 saturated carbocycles. The van der Waals surface area contributed by atoms with E-state index in [-0.39, 0.29) is 12.0 Å². The Balaban J connectivity index is 3.25. The average molecular weight is 230 g/mol. The number of halogens is 2.